The van der Waals surface area contributed by atoms with E-state index in [2.05, 4.69) is 20.3 Å². The SMILES string of the molecule is COc1cc(S(=O)(=O)N2CCOCC2)ccc1Nc1nc(OC)c2c(C)c[nH]c2n1. The first-order chi connectivity index (χ1) is 14.4. The normalized spacial score (nSPS) is 15.3. The van der Waals surface area contributed by atoms with Crippen molar-refractivity contribution >= 4 is 32.7 Å². The number of morpholine rings is 1. The third-order valence-corrected chi connectivity index (χ3v) is 6.81. The molecule has 0 saturated carbocycles. The number of aryl methyl sites for hydroxylation is 1. The molecule has 0 radical (unpaired) electrons. The Labute approximate surface area is 174 Å². The average molecular weight is 433 g/mol. The van der Waals surface area contributed by atoms with Crippen LogP contribution in [-0.4, -0.2) is 68.2 Å². The number of anilines is 2. The lowest BCUT2D eigenvalue weighted by Crippen LogP contribution is -2.40. The maximum absolute atomic E-state index is 12.9. The molecule has 1 fully saturated rings. The van der Waals surface area contributed by atoms with Gasteiger partial charge in [0.05, 0.1) is 43.4 Å². The van der Waals surface area contributed by atoms with Gasteiger partial charge in [0, 0.05) is 25.4 Å². The van der Waals surface area contributed by atoms with Gasteiger partial charge in [-0.3, -0.25) is 0 Å². The maximum atomic E-state index is 12.9. The zero-order valence-electron chi connectivity index (χ0n) is 16.9. The van der Waals surface area contributed by atoms with Crippen LogP contribution < -0.4 is 14.8 Å². The predicted molar refractivity (Wildman–Crippen MR) is 111 cm³/mol. The van der Waals surface area contributed by atoms with Crippen molar-refractivity contribution in [1.29, 1.82) is 0 Å². The molecule has 0 spiro atoms. The first kappa shape index (κ1) is 20.4. The summed E-state index contributed by atoms with van der Waals surface area (Å²) in [6.07, 6.45) is 1.83. The van der Waals surface area contributed by atoms with Crippen LogP contribution in [0.4, 0.5) is 11.6 Å². The standard InChI is InChI=1S/C19H23N5O5S/c1-12-11-20-17-16(12)18(28-3)23-19(22-17)21-14-5-4-13(10-15(14)27-2)30(25,26)24-6-8-29-9-7-24/h4-5,10-11H,6-9H2,1-3H3,(H2,20,21,22,23). The number of aromatic amines is 1. The van der Waals surface area contributed by atoms with Crippen LogP contribution in [0.1, 0.15) is 5.56 Å². The highest BCUT2D eigenvalue weighted by Crippen LogP contribution is 2.33. The lowest BCUT2D eigenvalue weighted by atomic mass is 10.2. The fraction of sp³-hybridized carbons (Fsp3) is 0.368. The van der Waals surface area contributed by atoms with Gasteiger partial charge in [0.1, 0.15) is 11.4 Å². The quantitative estimate of drug-likeness (QED) is 0.606. The zero-order valence-corrected chi connectivity index (χ0v) is 17.7. The van der Waals surface area contributed by atoms with Crippen molar-refractivity contribution in [2.45, 2.75) is 11.8 Å². The zero-order chi connectivity index (χ0) is 21.3. The maximum Gasteiger partial charge on any atom is 0.243 e. The van der Waals surface area contributed by atoms with E-state index in [0.717, 1.165) is 10.9 Å². The topological polar surface area (TPSA) is 119 Å². The van der Waals surface area contributed by atoms with Gasteiger partial charge in [-0.15, -0.1) is 0 Å². The summed E-state index contributed by atoms with van der Waals surface area (Å²) in [5.74, 6) is 1.09. The Morgan fingerprint density at radius 1 is 1.17 bits per heavy atom. The second-order valence-corrected chi connectivity index (χ2v) is 8.69. The molecule has 0 aliphatic carbocycles. The van der Waals surface area contributed by atoms with E-state index in [4.69, 9.17) is 14.2 Å². The number of fused-ring (bicyclic) bond motifs is 1. The number of hydrogen-bond donors (Lipinski definition) is 2. The van der Waals surface area contributed by atoms with E-state index in [1.54, 1.807) is 13.2 Å². The summed E-state index contributed by atoms with van der Waals surface area (Å²) < 4.78 is 43.3. The molecular formula is C19H23N5O5S. The van der Waals surface area contributed by atoms with Crippen molar-refractivity contribution in [2.75, 3.05) is 45.8 Å². The van der Waals surface area contributed by atoms with Gasteiger partial charge in [-0.25, -0.2) is 8.42 Å². The largest absolute Gasteiger partial charge is 0.495 e. The molecule has 0 unspecified atom stereocenters. The minimum Gasteiger partial charge on any atom is -0.495 e. The number of rotatable bonds is 6. The summed E-state index contributed by atoms with van der Waals surface area (Å²) in [7, 11) is -0.609. The van der Waals surface area contributed by atoms with Gasteiger partial charge < -0.3 is 24.5 Å². The Hall–Kier alpha value is -2.89. The Morgan fingerprint density at radius 2 is 1.93 bits per heavy atom. The number of benzene rings is 1. The Morgan fingerprint density at radius 3 is 2.63 bits per heavy atom. The third kappa shape index (κ3) is 3.66. The summed E-state index contributed by atoms with van der Waals surface area (Å²) in [4.78, 5) is 12.1. The van der Waals surface area contributed by atoms with Gasteiger partial charge in [-0.2, -0.15) is 14.3 Å². The number of hydrogen-bond acceptors (Lipinski definition) is 8. The highest BCUT2D eigenvalue weighted by molar-refractivity contribution is 7.89. The molecule has 10 nitrogen and oxygen atoms in total. The summed E-state index contributed by atoms with van der Waals surface area (Å²) in [6, 6.07) is 4.65. The molecule has 30 heavy (non-hydrogen) atoms. The van der Waals surface area contributed by atoms with Crippen LogP contribution in [-0.2, 0) is 14.8 Å². The minimum absolute atomic E-state index is 0.153. The predicted octanol–water partition coefficient (Wildman–Crippen LogP) is 2.05. The summed E-state index contributed by atoms with van der Waals surface area (Å²) in [5.41, 5.74) is 2.14. The highest BCUT2D eigenvalue weighted by Gasteiger charge is 2.27. The second-order valence-electron chi connectivity index (χ2n) is 6.76. The number of ether oxygens (including phenoxy) is 3. The van der Waals surface area contributed by atoms with Crippen LogP contribution in [0.5, 0.6) is 11.6 Å². The summed E-state index contributed by atoms with van der Waals surface area (Å²) in [6.45, 7) is 3.36. The highest BCUT2D eigenvalue weighted by atomic mass is 32.2. The Bertz CT molecular complexity index is 1170. The molecule has 160 valence electrons. The fourth-order valence-electron chi connectivity index (χ4n) is 3.34. The van der Waals surface area contributed by atoms with Gasteiger partial charge in [-0.1, -0.05) is 0 Å². The van der Waals surface area contributed by atoms with Crippen molar-refractivity contribution in [3.8, 4) is 11.6 Å². The Kier molecular flexibility index (Phi) is 5.50. The monoisotopic (exact) mass is 433 g/mol. The van der Waals surface area contributed by atoms with E-state index in [0.29, 0.717) is 55.2 Å². The molecule has 4 rings (SSSR count). The van der Waals surface area contributed by atoms with Crippen LogP contribution in [0.2, 0.25) is 0 Å². The van der Waals surface area contributed by atoms with Crippen molar-refractivity contribution < 1.29 is 22.6 Å². The molecule has 1 aliphatic rings. The van der Waals surface area contributed by atoms with Gasteiger partial charge >= 0.3 is 0 Å². The molecule has 0 bridgehead atoms. The molecule has 1 aliphatic heterocycles. The average Bonchev–Trinajstić information content (AvgIpc) is 3.14. The van der Waals surface area contributed by atoms with E-state index in [-0.39, 0.29) is 4.90 Å². The van der Waals surface area contributed by atoms with Gasteiger partial charge in [0.25, 0.3) is 0 Å². The molecule has 2 aromatic heterocycles. The fourth-order valence-corrected chi connectivity index (χ4v) is 4.77. The lowest BCUT2D eigenvalue weighted by molar-refractivity contribution is 0.0730. The Balaban J connectivity index is 1.66. The first-order valence-electron chi connectivity index (χ1n) is 9.36. The van der Waals surface area contributed by atoms with E-state index in [1.807, 2.05) is 13.1 Å². The van der Waals surface area contributed by atoms with Crippen LogP contribution in [0, 0.1) is 6.92 Å². The number of H-pyrrole nitrogens is 1. The number of aromatic nitrogens is 3. The van der Waals surface area contributed by atoms with Gasteiger partial charge in [0.2, 0.25) is 21.9 Å². The molecule has 0 atom stereocenters. The molecule has 2 N–H and O–H groups in total. The first-order valence-corrected chi connectivity index (χ1v) is 10.8. The second kappa shape index (κ2) is 8.09. The van der Waals surface area contributed by atoms with Gasteiger partial charge in [0.15, 0.2) is 0 Å². The molecule has 0 amide bonds. The third-order valence-electron chi connectivity index (χ3n) is 4.92. The molecule has 3 aromatic rings. The van der Waals surface area contributed by atoms with Crippen LogP contribution in [0.3, 0.4) is 0 Å². The van der Waals surface area contributed by atoms with Crippen molar-refractivity contribution in [1.82, 2.24) is 19.3 Å². The molecule has 3 heterocycles. The van der Waals surface area contributed by atoms with Crippen LogP contribution in [0.15, 0.2) is 29.3 Å². The van der Waals surface area contributed by atoms with E-state index < -0.39 is 10.0 Å². The summed E-state index contributed by atoms with van der Waals surface area (Å²) in [5, 5.41) is 3.89. The lowest BCUT2D eigenvalue weighted by Gasteiger charge is -2.26. The van der Waals surface area contributed by atoms with Crippen LogP contribution >= 0.6 is 0 Å². The van der Waals surface area contributed by atoms with E-state index >= 15 is 0 Å². The van der Waals surface area contributed by atoms with Gasteiger partial charge in [-0.05, 0) is 24.6 Å². The number of methoxy groups -OCH3 is 2. The minimum atomic E-state index is -3.63. The number of nitrogens with one attached hydrogen (secondary N) is 2. The number of nitrogens with zero attached hydrogens (tertiary/aromatic N) is 3. The molecular weight excluding hydrogens is 410 g/mol. The van der Waals surface area contributed by atoms with Crippen molar-refractivity contribution in [3.63, 3.8) is 0 Å². The van der Waals surface area contributed by atoms with E-state index in [1.165, 1.54) is 23.5 Å². The smallest absolute Gasteiger partial charge is 0.243 e. The van der Waals surface area contributed by atoms with Crippen LogP contribution in [0.25, 0.3) is 11.0 Å². The van der Waals surface area contributed by atoms with E-state index in [9.17, 15) is 8.42 Å². The number of sulfonamides is 1. The molecule has 11 heteroatoms. The molecule has 1 saturated heterocycles. The molecule has 1 aromatic carbocycles. The van der Waals surface area contributed by atoms with Crippen molar-refractivity contribution in [2.24, 2.45) is 0 Å². The van der Waals surface area contributed by atoms with Crippen molar-refractivity contribution in [3.05, 3.63) is 30.0 Å². The summed E-state index contributed by atoms with van der Waals surface area (Å²) >= 11 is 0.